The zero-order valence-corrected chi connectivity index (χ0v) is 20.3. The van der Waals surface area contributed by atoms with E-state index in [-0.39, 0.29) is 28.7 Å². The summed E-state index contributed by atoms with van der Waals surface area (Å²) in [6.45, 7) is 0. The van der Waals surface area contributed by atoms with E-state index in [1.54, 1.807) is 48.7 Å². The van der Waals surface area contributed by atoms with Crippen LogP contribution in [0.5, 0.6) is 17.2 Å². The van der Waals surface area contributed by atoms with E-state index in [1.165, 1.54) is 24.9 Å². The molecule has 0 saturated carbocycles. The Labute approximate surface area is 212 Å². The van der Waals surface area contributed by atoms with Crippen molar-refractivity contribution in [3.63, 3.8) is 0 Å². The average Bonchev–Trinajstić information content (AvgIpc) is 3.33. The molecule has 5 aromatic rings. The number of allylic oxidation sites excluding steroid dienone is 1. The van der Waals surface area contributed by atoms with Gasteiger partial charge in [-0.25, -0.2) is 4.79 Å². The second-order valence-corrected chi connectivity index (χ2v) is 8.43. The number of nitrogens with zero attached hydrogens (tertiary/aromatic N) is 1. The number of benzene rings is 4. The van der Waals surface area contributed by atoms with Crippen molar-refractivity contribution < 1.29 is 19.4 Å². The zero-order chi connectivity index (χ0) is 25.9. The summed E-state index contributed by atoms with van der Waals surface area (Å²) in [7, 11) is 2.87. The maximum absolute atomic E-state index is 12.9. The van der Waals surface area contributed by atoms with Gasteiger partial charge in [-0.2, -0.15) is 0 Å². The smallest absolute Gasteiger partial charge is 0.330 e. The highest BCUT2D eigenvalue weighted by Crippen LogP contribution is 2.37. The van der Waals surface area contributed by atoms with Crippen LogP contribution in [-0.4, -0.2) is 34.7 Å². The van der Waals surface area contributed by atoms with E-state index in [4.69, 9.17) is 9.47 Å². The van der Waals surface area contributed by atoms with E-state index >= 15 is 0 Å². The highest BCUT2D eigenvalue weighted by Gasteiger charge is 2.12. The van der Waals surface area contributed by atoms with Crippen molar-refractivity contribution in [3.8, 4) is 34.2 Å². The Morgan fingerprint density at radius 1 is 0.892 bits per heavy atom. The van der Waals surface area contributed by atoms with Crippen molar-refractivity contribution >= 4 is 22.6 Å². The van der Waals surface area contributed by atoms with Gasteiger partial charge in [0, 0.05) is 17.3 Å². The predicted octanol–water partition coefficient (Wildman–Crippen LogP) is 5.60. The van der Waals surface area contributed by atoms with Crippen LogP contribution >= 0.6 is 0 Å². The van der Waals surface area contributed by atoms with Crippen LogP contribution in [0.25, 0.3) is 33.8 Å². The monoisotopic (exact) mass is 492 g/mol. The minimum absolute atomic E-state index is 0.110. The zero-order valence-electron chi connectivity index (χ0n) is 20.3. The topological polar surface area (TPSA) is 93.6 Å². The molecule has 0 atom stereocenters. The third-order valence-corrected chi connectivity index (χ3v) is 6.12. The lowest BCUT2D eigenvalue weighted by Gasteiger charge is -2.09. The Hall–Kier alpha value is -5.04. The minimum atomic E-state index is -0.299. The van der Waals surface area contributed by atoms with Gasteiger partial charge in [0.25, 0.3) is 0 Å². The van der Waals surface area contributed by atoms with Crippen LogP contribution < -0.4 is 15.2 Å². The number of hydrogen-bond acceptors (Lipinski definition) is 5. The number of ketones is 1. The van der Waals surface area contributed by atoms with Crippen LogP contribution in [0, 0.1) is 0 Å². The van der Waals surface area contributed by atoms with Crippen LogP contribution in [0.1, 0.15) is 15.9 Å². The number of ether oxygens (including phenoxy) is 2. The maximum Gasteiger partial charge on any atom is 0.330 e. The first-order valence-electron chi connectivity index (χ1n) is 11.6. The number of nitrogens with one attached hydrogen (secondary N) is 1. The molecule has 0 radical (unpaired) electrons. The number of methoxy groups -OCH3 is 2. The summed E-state index contributed by atoms with van der Waals surface area (Å²) in [5.74, 6) is 0.123. The van der Waals surface area contributed by atoms with Crippen LogP contribution in [0.3, 0.4) is 0 Å². The fourth-order valence-corrected chi connectivity index (χ4v) is 4.18. The quantitative estimate of drug-likeness (QED) is 0.228. The molecule has 0 amide bonds. The molecule has 7 nitrogen and oxygen atoms in total. The molecule has 1 aromatic heterocycles. The molecule has 0 bridgehead atoms. The second kappa shape index (κ2) is 9.91. The van der Waals surface area contributed by atoms with E-state index < -0.39 is 0 Å². The Bertz CT molecular complexity index is 1690. The first-order chi connectivity index (χ1) is 18.0. The summed E-state index contributed by atoms with van der Waals surface area (Å²) < 4.78 is 11.8. The number of H-pyrrole nitrogens is 1. The molecule has 1 heterocycles. The fraction of sp³-hybridized carbons (Fsp3) is 0.0667. The lowest BCUT2D eigenvalue weighted by atomic mass is 10.1. The molecule has 0 saturated heterocycles. The summed E-state index contributed by atoms with van der Waals surface area (Å²) in [4.78, 5) is 28.6. The molecule has 0 unspecified atom stereocenters. The second-order valence-electron chi connectivity index (χ2n) is 8.43. The molecule has 0 aliphatic rings. The number of carbonyl (C=O) groups excluding carboxylic acids is 1. The molecule has 37 heavy (non-hydrogen) atoms. The highest BCUT2D eigenvalue weighted by molar-refractivity contribution is 6.07. The fourth-order valence-electron chi connectivity index (χ4n) is 4.18. The molecule has 2 N–H and O–H groups in total. The van der Waals surface area contributed by atoms with Gasteiger partial charge in [-0.15, -0.1) is 0 Å². The number of carbonyl (C=O) groups is 1. The Morgan fingerprint density at radius 3 is 2.35 bits per heavy atom. The number of hydrogen-bond donors (Lipinski definition) is 2. The predicted molar refractivity (Wildman–Crippen MR) is 144 cm³/mol. The van der Waals surface area contributed by atoms with Crippen LogP contribution in [0.2, 0.25) is 0 Å². The molecule has 184 valence electrons. The van der Waals surface area contributed by atoms with Crippen LogP contribution in [-0.2, 0) is 0 Å². The Kier molecular flexibility index (Phi) is 6.34. The van der Waals surface area contributed by atoms with Gasteiger partial charge in [0.1, 0.15) is 0 Å². The van der Waals surface area contributed by atoms with Crippen molar-refractivity contribution in [2.45, 2.75) is 0 Å². The van der Waals surface area contributed by atoms with Gasteiger partial charge < -0.3 is 19.6 Å². The summed E-state index contributed by atoms with van der Waals surface area (Å²) in [6.07, 6.45) is 4.77. The van der Waals surface area contributed by atoms with Gasteiger partial charge in [0.05, 0.1) is 25.6 Å². The third-order valence-electron chi connectivity index (χ3n) is 6.12. The number of aromatic hydroxyl groups is 1. The summed E-state index contributed by atoms with van der Waals surface area (Å²) in [5, 5.41) is 12.3. The summed E-state index contributed by atoms with van der Waals surface area (Å²) >= 11 is 0. The van der Waals surface area contributed by atoms with Gasteiger partial charge in [-0.1, -0.05) is 54.6 Å². The molecule has 5 rings (SSSR count). The normalized spacial score (nSPS) is 11.2. The maximum atomic E-state index is 12.9. The first kappa shape index (κ1) is 23.7. The number of phenols is 1. The minimum Gasteiger partial charge on any atom is -0.502 e. The van der Waals surface area contributed by atoms with E-state index in [1.807, 2.05) is 42.5 Å². The number of phenolic OH excluding ortho intramolecular Hbond substituents is 1. The molecular weight excluding hydrogens is 468 g/mol. The molecule has 0 aliphatic carbocycles. The standard InChI is InChI=1S/C30H24N2O5/c1-36-27-14-19(15-28(37-2)29(27)34)10-13-26(33)23-8-5-9-24(17-23)32-18-25(31-30(32)35)22-12-11-20-6-3-4-7-21(20)16-22/h3-18,34H,1-2H3,(H,31,35). The SMILES string of the molecule is COc1cc(C=CC(=O)c2cccc(-n3cc(-c4ccc5ccccc5c4)[nH]c3=O)c2)cc(OC)c1O. The number of rotatable bonds is 7. The lowest BCUT2D eigenvalue weighted by Crippen LogP contribution is -2.14. The van der Waals surface area contributed by atoms with Gasteiger partial charge in [-0.05, 0) is 52.7 Å². The largest absolute Gasteiger partial charge is 0.502 e. The summed E-state index contributed by atoms with van der Waals surface area (Å²) in [5.41, 5.74) is 2.89. The number of aromatic amines is 1. The highest BCUT2D eigenvalue weighted by atomic mass is 16.5. The van der Waals surface area contributed by atoms with E-state index in [2.05, 4.69) is 4.98 Å². The van der Waals surface area contributed by atoms with Crippen molar-refractivity contribution in [1.82, 2.24) is 9.55 Å². The lowest BCUT2D eigenvalue weighted by molar-refractivity contribution is 0.104. The molecule has 0 aliphatic heterocycles. The van der Waals surface area contributed by atoms with Gasteiger partial charge in [0.2, 0.25) is 5.75 Å². The van der Waals surface area contributed by atoms with Crippen LogP contribution in [0.15, 0.2) is 95.9 Å². The van der Waals surface area contributed by atoms with Gasteiger partial charge in [0.15, 0.2) is 17.3 Å². The van der Waals surface area contributed by atoms with Gasteiger partial charge >= 0.3 is 5.69 Å². The third kappa shape index (κ3) is 4.75. The number of imidazole rings is 1. The number of aromatic nitrogens is 2. The molecule has 0 spiro atoms. The Balaban J connectivity index is 1.42. The van der Waals surface area contributed by atoms with E-state index in [0.717, 1.165) is 16.3 Å². The molecule has 7 heteroatoms. The van der Waals surface area contributed by atoms with Crippen LogP contribution in [0.4, 0.5) is 0 Å². The van der Waals surface area contributed by atoms with E-state index in [0.29, 0.717) is 22.5 Å². The van der Waals surface area contributed by atoms with E-state index in [9.17, 15) is 14.7 Å². The Morgan fingerprint density at radius 2 is 1.62 bits per heavy atom. The molecule has 4 aromatic carbocycles. The van der Waals surface area contributed by atoms with Crippen molar-refractivity contribution in [3.05, 3.63) is 113 Å². The van der Waals surface area contributed by atoms with Gasteiger partial charge in [-0.3, -0.25) is 9.36 Å². The first-order valence-corrected chi connectivity index (χ1v) is 11.6. The average molecular weight is 493 g/mol. The summed E-state index contributed by atoms with van der Waals surface area (Å²) in [6, 6.07) is 24.1. The van der Waals surface area contributed by atoms with Crippen molar-refractivity contribution in [1.29, 1.82) is 0 Å². The van der Waals surface area contributed by atoms with Crippen molar-refractivity contribution in [2.24, 2.45) is 0 Å². The number of fused-ring (bicyclic) bond motifs is 1. The van der Waals surface area contributed by atoms with Crippen molar-refractivity contribution in [2.75, 3.05) is 14.2 Å². The molecule has 0 fully saturated rings. The molecular formula is C30H24N2O5.